The molecule has 0 aliphatic rings. The van der Waals surface area contributed by atoms with Gasteiger partial charge in [0.2, 0.25) is 0 Å². The number of carbonyl (C=O) groups is 1. The minimum atomic E-state index is -0.460. The van der Waals surface area contributed by atoms with Crippen LogP contribution in [0.2, 0.25) is 0 Å². The van der Waals surface area contributed by atoms with E-state index in [0.717, 1.165) is 6.42 Å². The van der Waals surface area contributed by atoms with Crippen molar-refractivity contribution in [2.45, 2.75) is 64.9 Å². The predicted octanol–water partition coefficient (Wildman–Crippen LogP) is 4.71. The zero-order valence-corrected chi connectivity index (χ0v) is 14.9. The Hall–Kier alpha value is -1.39. The molecule has 130 valence electrons. The Morgan fingerprint density at radius 1 is 1.09 bits per heavy atom. The van der Waals surface area contributed by atoms with Crippen molar-refractivity contribution in [2.75, 3.05) is 13.7 Å². The van der Waals surface area contributed by atoms with Crippen LogP contribution >= 0.6 is 0 Å². The van der Waals surface area contributed by atoms with Crippen LogP contribution in [0.4, 0.5) is 0 Å². The molecule has 0 unspecified atom stereocenters. The maximum Gasteiger partial charge on any atom is 0.373 e. The van der Waals surface area contributed by atoms with Gasteiger partial charge in [0.15, 0.2) is 0 Å². The molecular formula is C19H30O4. The second-order valence-corrected chi connectivity index (χ2v) is 6.41. The molecule has 4 nitrogen and oxygen atoms in total. The van der Waals surface area contributed by atoms with Gasteiger partial charge in [0, 0.05) is 13.5 Å². The van der Waals surface area contributed by atoms with Gasteiger partial charge in [-0.05, 0) is 44.4 Å². The lowest BCUT2D eigenvalue weighted by Gasteiger charge is -2.21. The summed E-state index contributed by atoms with van der Waals surface area (Å²) in [7, 11) is 1.65. The van der Waals surface area contributed by atoms with E-state index >= 15 is 0 Å². The average Bonchev–Trinajstić information content (AvgIpc) is 2.56. The van der Waals surface area contributed by atoms with Gasteiger partial charge < -0.3 is 4.74 Å². The summed E-state index contributed by atoms with van der Waals surface area (Å²) in [5.41, 5.74) is 1.47. The number of carbonyl (C=O) groups excluding carboxylic acids is 1. The van der Waals surface area contributed by atoms with Gasteiger partial charge in [-0.1, -0.05) is 38.3 Å². The molecule has 0 atom stereocenters. The van der Waals surface area contributed by atoms with Crippen LogP contribution in [0.25, 0.3) is 0 Å². The Bertz CT molecular complexity index is 451. The smallest absolute Gasteiger partial charge is 0.373 e. The largest absolute Gasteiger partial charge is 0.379 e. The van der Waals surface area contributed by atoms with E-state index < -0.39 is 5.97 Å². The molecule has 0 saturated carbocycles. The SMILES string of the molecule is CCCCCCc1ccc(C(=O)OOCCC(C)(C)OC)cc1. The zero-order chi connectivity index (χ0) is 17.1. The van der Waals surface area contributed by atoms with Gasteiger partial charge in [-0.3, -0.25) is 4.89 Å². The topological polar surface area (TPSA) is 44.8 Å². The Balaban J connectivity index is 2.31. The Morgan fingerprint density at radius 3 is 2.39 bits per heavy atom. The highest BCUT2D eigenvalue weighted by molar-refractivity contribution is 5.88. The summed E-state index contributed by atoms with van der Waals surface area (Å²) in [6.07, 6.45) is 6.67. The first-order chi connectivity index (χ1) is 11.0. The fraction of sp³-hybridized carbons (Fsp3) is 0.632. The molecular weight excluding hydrogens is 292 g/mol. The van der Waals surface area contributed by atoms with Crippen molar-refractivity contribution in [2.24, 2.45) is 0 Å². The van der Waals surface area contributed by atoms with Crippen molar-refractivity contribution in [3.05, 3.63) is 35.4 Å². The number of hydrogen-bond acceptors (Lipinski definition) is 4. The number of unbranched alkanes of at least 4 members (excludes halogenated alkanes) is 3. The third-order valence-electron chi connectivity index (χ3n) is 3.98. The third kappa shape index (κ3) is 8.14. The van der Waals surface area contributed by atoms with Crippen LogP contribution in [0, 0.1) is 0 Å². The van der Waals surface area contributed by atoms with Crippen molar-refractivity contribution >= 4 is 5.97 Å². The fourth-order valence-corrected chi connectivity index (χ4v) is 2.10. The predicted molar refractivity (Wildman–Crippen MR) is 91.4 cm³/mol. The highest BCUT2D eigenvalue weighted by Gasteiger charge is 2.16. The van der Waals surface area contributed by atoms with Crippen molar-refractivity contribution < 1.29 is 19.3 Å². The van der Waals surface area contributed by atoms with Gasteiger partial charge in [-0.15, -0.1) is 0 Å². The molecule has 1 rings (SSSR count). The molecule has 0 bridgehead atoms. The van der Waals surface area contributed by atoms with E-state index in [1.807, 2.05) is 26.0 Å². The summed E-state index contributed by atoms with van der Waals surface area (Å²) in [4.78, 5) is 21.7. The number of aryl methyl sites for hydroxylation is 1. The van der Waals surface area contributed by atoms with Gasteiger partial charge in [0.05, 0.1) is 17.8 Å². The molecule has 0 saturated heterocycles. The average molecular weight is 322 g/mol. The highest BCUT2D eigenvalue weighted by Crippen LogP contribution is 2.13. The molecule has 0 radical (unpaired) electrons. The second-order valence-electron chi connectivity index (χ2n) is 6.41. The molecule has 4 heteroatoms. The third-order valence-corrected chi connectivity index (χ3v) is 3.98. The normalized spacial score (nSPS) is 11.5. The van der Waals surface area contributed by atoms with E-state index in [9.17, 15) is 4.79 Å². The van der Waals surface area contributed by atoms with E-state index in [1.165, 1.54) is 31.2 Å². The molecule has 0 aliphatic carbocycles. The fourth-order valence-electron chi connectivity index (χ4n) is 2.10. The minimum absolute atomic E-state index is 0.286. The van der Waals surface area contributed by atoms with E-state index in [0.29, 0.717) is 18.6 Å². The van der Waals surface area contributed by atoms with E-state index in [2.05, 4.69) is 6.92 Å². The van der Waals surface area contributed by atoms with Crippen molar-refractivity contribution in [1.29, 1.82) is 0 Å². The summed E-state index contributed by atoms with van der Waals surface area (Å²) in [5.74, 6) is -0.460. The van der Waals surface area contributed by atoms with Gasteiger partial charge >= 0.3 is 5.97 Å². The molecule has 0 heterocycles. The molecule has 0 aromatic heterocycles. The first kappa shape index (κ1) is 19.7. The monoisotopic (exact) mass is 322 g/mol. The standard InChI is InChI=1S/C19H30O4/c1-5-6-7-8-9-16-10-12-17(13-11-16)18(20)23-22-15-14-19(2,3)21-4/h10-13H,5-9,14-15H2,1-4H3. The number of rotatable bonds is 11. The lowest BCUT2D eigenvalue weighted by molar-refractivity contribution is -0.247. The molecule has 1 aromatic rings. The van der Waals surface area contributed by atoms with Crippen LogP contribution in [0.3, 0.4) is 0 Å². The Kier molecular flexibility index (Phi) is 8.89. The van der Waals surface area contributed by atoms with E-state index in [4.69, 9.17) is 14.5 Å². The van der Waals surface area contributed by atoms with Crippen molar-refractivity contribution in [3.63, 3.8) is 0 Å². The Morgan fingerprint density at radius 2 is 1.78 bits per heavy atom. The van der Waals surface area contributed by atoms with E-state index in [-0.39, 0.29) is 5.60 Å². The Labute approximate surface area is 140 Å². The van der Waals surface area contributed by atoms with Crippen molar-refractivity contribution in [1.82, 2.24) is 0 Å². The summed E-state index contributed by atoms with van der Waals surface area (Å²) in [6.45, 7) is 6.43. The first-order valence-electron chi connectivity index (χ1n) is 8.46. The quantitative estimate of drug-likeness (QED) is 0.336. The molecule has 0 N–H and O–H groups in total. The second kappa shape index (κ2) is 10.4. The lowest BCUT2D eigenvalue weighted by Crippen LogP contribution is -2.24. The van der Waals surface area contributed by atoms with E-state index in [1.54, 1.807) is 19.2 Å². The maximum absolute atomic E-state index is 11.9. The van der Waals surface area contributed by atoms with Gasteiger partial charge in [-0.25, -0.2) is 4.79 Å². The number of methoxy groups -OCH3 is 1. The van der Waals surface area contributed by atoms with Crippen LogP contribution in [0.15, 0.2) is 24.3 Å². The molecule has 0 aliphatic heterocycles. The van der Waals surface area contributed by atoms with Crippen LogP contribution in [0.5, 0.6) is 0 Å². The zero-order valence-electron chi connectivity index (χ0n) is 14.9. The maximum atomic E-state index is 11.9. The number of benzene rings is 1. The van der Waals surface area contributed by atoms with Gasteiger partial charge in [0.25, 0.3) is 0 Å². The van der Waals surface area contributed by atoms with Gasteiger partial charge in [0.1, 0.15) is 0 Å². The molecule has 1 aromatic carbocycles. The molecule has 0 fully saturated rings. The van der Waals surface area contributed by atoms with Crippen LogP contribution < -0.4 is 0 Å². The summed E-state index contributed by atoms with van der Waals surface area (Å²) in [6, 6.07) is 7.55. The minimum Gasteiger partial charge on any atom is -0.379 e. The number of ether oxygens (including phenoxy) is 1. The molecule has 0 spiro atoms. The van der Waals surface area contributed by atoms with Crippen molar-refractivity contribution in [3.8, 4) is 0 Å². The summed E-state index contributed by atoms with van der Waals surface area (Å²) in [5, 5.41) is 0. The van der Waals surface area contributed by atoms with Crippen LogP contribution in [-0.4, -0.2) is 25.3 Å². The molecule has 23 heavy (non-hydrogen) atoms. The molecule has 0 amide bonds. The lowest BCUT2D eigenvalue weighted by atomic mass is 10.0. The van der Waals surface area contributed by atoms with Crippen LogP contribution in [0.1, 0.15) is 68.8 Å². The van der Waals surface area contributed by atoms with Crippen LogP contribution in [-0.2, 0) is 20.9 Å². The summed E-state index contributed by atoms with van der Waals surface area (Å²) < 4.78 is 5.27. The first-order valence-corrected chi connectivity index (χ1v) is 8.46. The highest BCUT2D eigenvalue weighted by atomic mass is 17.2. The summed E-state index contributed by atoms with van der Waals surface area (Å²) >= 11 is 0. The van der Waals surface area contributed by atoms with Gasteiger partial charge in [-0.2, -0.15) is 4.89 Å². The number of hydrogen-bond donors (Lipinski definition) is 0.